The third-order valence-electron chi connectivity index (χ3n) is 4.80. The average Bonchev–Trinajstić information content (AvgIpc) is 2.62. The van der Waals surface area contributed by atoms with Crippen LogP contribution in [-0.4, -0.2) is 55.0 Å². The molecule has 5 heteroatoms. The third kappa shape index (κ3) is 4.72. The quantitative estimate of drug-likeness (QED) is 0.772. The van der Waals surface area contributed by atoms with Crippen molar-refractivity contribution in [2.24, 2.45) is 0 Å². The molecular weight excluding hydrogens is 302 g/mol. The van der Waals surface area contributed by atoms with Crippen LogP contribution in [-0.2, 0) is 4.79 Å². The fourth-order valence-corrected chi connectivity index (χ4v) is 3.15. The number of carbonyl (C=O) groups is 1. The Morgan fingerprint density at radius 2 is 1.88 bits per heavy atom. The Balaban J connectivity index is 1.79. The van der Waals surface area contributed by atoms with E-state index in [-0.39, 0.29) is 5.91 Å². The van der Waals surface area contributed by atoms with Crippen molar-refractivity contribution in [2.75, 3.05) is 33.8 Å². The first kappa shape index (κ1) is 18.3. The molecule has 0 heterocycles. The summed E-state index contributed by atoms with van der Waals surface area (Å²) in [5, 5.41) is 9.58. The summed E-state index contributed by atoms with van der Waals surface area (Å²) >= 11 is 0. The molecule has 1 saturated carbocycles. The van der Waals surface area contributed by atoms with Gasteiger partial charge in [0, 0.05) is 13.6 Å². The second-order valence-electron chi connectivity index (χ2n) is 6.56. The number of hydrogen-bond donors (Lipinski definition) is 0. The van der Waals surface area contributed by atoms with Crippen LogP contribution in [0, 0.1) is 11.3 Å². The second kappa shape index (κ2) is 8.70. The van der Waals surface area contributed by atoms with E-state index in [1.54, 1.807) is 11.9 Å². The zero-order valence-electron chi connectivity index (χ0n) is 14.7. The number of benzene rings is 1. The normalized spacial score (nSPS) is 16.4. The highest BCUT2D eigenvalue weighted by atomic mass is 16.5. The summed E-state index contributed by atoms with van der Waals surface area (Å²) in [5.41, 5.74) is -0.614. The van der Waals surface area contributed by atoms with Crippen LogP contribution >= 0.6 is 0 Å². The van der Waals surface area contributed by atoms with Gasteiger partial charge in [-0.05, 0) is 32.0 Å². The van der Waals surface area contributed by atoms with Crippen molar-refractivity contribution in [1.29, 1.82) is 5.26 Å². The molecule has 24 heavy (non-hydrogen) atoms. The number of nitrogens with zero attached hydrogens (tertiary/aromatic N) is 3. The van der Waals surface area contributed by atoms with Crippen molar-refractivity contribution in [1.82, 2.24) is 9.80 Å². The van der Waals surface area contributed by atoms with Crippen LogP contribution in [0.25, 0.3) is 0 Å². The molecule has 0 spiro atoms. The van der Waals surface area contributed by atoms with Gasteiger partial charge in [0.1, 0.15) is 17.9 Å². The zero-order chi connectivity index (χ0) is 17.4. The summed E-state index contributed by atoms with van der Waals surface area (Å²) in [6.45, 7) is 1.49. The minimum Gasteiger partial charge on any atom is -0.492 e. The van der Waals surface area contributed by atoms with Gasteiger partial charge in [-0.25, -0.2) is 0 Å². The highest BCUT2D eigenvalue weighted by molar-refractivity contribution is 5.79. The van der Waals surface area contributed by atoms with Gasteiger partial charge in [-0.1, -0.05) is 37.5 Å². The lowest BCUT2D eigenvalue weighted by atomic mass is 9.81. The van der Waals surface area contributed by atoms with Crippen LogP contribution < -0.4 is 4.74 Å². The van der Waals surface area contributed by atoms with Crippen molar-refractivity contribution < 1.29 is 9.53 Å². The Bertz CT molecular complexity index is 562. The number of hydrogen-bond acceptors (Lipinski definition) is 4. The lowest BCUT2D eigenvalue weighted by molar-refractivity contribution is -0.135. The van der Waals surface area contributed by atoms with Crippen LogP contribution in [0.2, 0.25) is 0 Å². The third-order valence-corrected chi connectivity index (χ3v) is 4.80. The highest BCUT2D eigenvalue weighted by Crippen LogP contribution is 2.32. The SMILES string of the molecule is CN(CCOc1ccccc1)CC(=O)N(C)C1(C#N)CCCCC1. The molecule has 0 N–H and O–H groups in total. The van der Waals surface area contributed by atoms with Crippen molar-refractivity contribution in [3.05, 3.63) is 30.3 Å². The Morgan fingerprint density at radius 3 is 2.50 bits per heavy atom. The zero-order valence-corrected chi connectivity index (χ0v) is 14.7. The van der Waals surface area contributed by atoms with Gasteiger partial charge in [-0.3, -0.25) is 9.69 Å². The topological polar surface area (TPSA) is 56.6 Å². The van der Waals surface area contributed by atoms with Gasteiger partial charge in [0.2, 0.25) is 5.91 Å². The number of ether oxygens (including phenoxy) is 1. The summed E-state index contributed by atoms with van der Waals surface area (Å²) in [7, 11) is 3.67. The lowest BCUT2D eigenvalue weighted by Gasteiger charge is -2.39. The van der Waals surface area contributed by atoms with Crippen LogP contribution in [0.4, 0.5) is 0 Å². The number of carbonyl (C=O) groups excluding carboxylic acids is 1. The molecule has 2 rings (SSSR count). The van der Waals surface area contributed by atoms with Gasteiger partial charge in [-0.15, -0.1) is 0 Å². The van der Waals surface area contributed by atoms with Crippen molar-refractivity contribution in [3.63, 3.8) is 0 Å². The minimum absolute atomic E-state index is 0.000612. The summed E-state index contributed by atoms with van der Waals surface area (Å²) < 4.78 is 5.66. The summed E-state index contributed by atoms with van der Waals surface area (Å²) in [6.07, 6.45) is 4.76. The molecule has 0 saturated heterocycles. The predicted octanol–water partition coefficient (Wildman–Crippen LogP) is 2.68. The van der Waals surface area contributed by atoms with Crippen molar-refractivity contribution in [2.45, 2.75) is 37.6 Å². The van der Waals surface area contributed by atoms with Gasteiger partial charge in [0.05, 0.1) is 12.6 Å². The molecule has 1 aliphatic carbocycles. The van der Waals surface area contributed by atoms with Gasteiger partial charge in [0.15, 0.2) is 0 Å². The molecule has 0 radical (unpaired) electrons. The van der Waals surface area contributed by atoms with Crippen molar-refractivity contribution in [3.8, 4) is 11.8 Å². The van der Waals surface area contributed by atoms with E-state index in [2.05, 4.69) is 6.07 Å². The molecule has 1 aliphatic rings. The van der Waals surface area contributed by atoms with E-state index >= 15 is 0 Å². The Kier molecular flexibility index (Phi) is 6.62. The maximum atomic E-state index is 12.5. The Labute approximate surface area is 144 Å². The molecule has 1 aromatic rings. The molecule has 1 fully saturated rings. The Morgan fingerprint density at radius 1 is 1.21 bits per heavy atom. The summed E-state index contributed by atoms with van der Waals surface area (Å²) in [4.78, 5) is 16.1. The molecular formula is C19H27N3O2. The first-order chi connectivity index (χ1) is 11.6. The number of likely N-dealkylation sites (N-methyl/N-ethyl adjacent to an activating group) is 2. The molecule has 1 aromatic carbocycles. The van der Waals surface area contributed by atoms with Crippen molar-refractivity contribution >= 4 is 5.91 Å². The van der Waals surface area contributed by atoms with E-state index in [4.69, 9.17) is 4.74 Å². The predicted molar refractivity (Wildman–Crippen MR) is 93.6 cm³/mol. The number of para-hydroxylation sites is 1. The van der Waals surface area contributed by atoms with E-state index in [0.717, 1.165) is 37.9 Å². The maximum Gasteiger partial charge on any atom is 0.237 e. The molecule has 0 bridgehead atoms. The highest BCUT2D eigenvalue weighted by Gasteiger charge is 2.38. The smallest absolute Gasteiger partial charge is 0.237 e. The van der Waals surface area contributed by atoms with E-state index in [1.165, 1.54) is 0 Å². The first-order valence-electron chi connectivity index (χ1n) is 8.62. The van der Waals surface area contributed by atoms with Gasteiger partial charge < -0.3 is 9.64 Å². The van der Waals surface area contributed by atoms with E-state index in [9.17, 15) is 10.1 Å². The van der Waals surface area contributed by atoms with E-state index in [1.807, 2.05) is 42.3 Å². The second-order valence-corrected chi connectivity index (χ2v) is 6.56. The maximum absolute atomic E-state index is 12.5. The fourth-order valence-electron chi connectivity index (χ4n) is 3.15. The van der Waals surface area contributed by atoms with Crippen LogP contribution in [0.1, 0.15) is 32.1 Å². The minimum atomic E-state index is -0.614. The van der Waals surface area contributed by atoms with E-state index < -0.39 is 5.54 Å². The summed E-state index contributed by atoms with van der Waals surface area (Å²) in [5.74, 6) is 0.834. The fraction of sp³-hybridized carbons (Fsp3) is 0.579. The van der Waals surface area contributed by atoms with Gasteiger partial charge in [-0.2, -0.15) is 5.26 Å². The van der Waals surface area contributed by atoms with Crippen LogP contribution in [0.5, 0.6) is 5.75 Å². The van der Waals surface area contributed by atoms with E-state index in [0.29, 0.717) is 19.7 Å². The Hall–Kier alpha value is -2.06. The average molecular weight is 329 g/mol. The standard InChI is InChI=1S/C19H27N3O2/c1-21(13-14-24-17-9-5-3-6-10-17)15-18(23)22(2)19(16-20)11-7-4-8-12-19/h3,5-6,9-10H,4,7-8,11-15H2,1-2H3. The monoisotopic (exact) mass is 329 g/mol. The molecule has 5 nitrogen and oxygen atoms in total. The van der Waals surface area contributed by atoms with Crippen LogP contribution in [0.3, 0.4) is 0 Å². The molecule has 0 atom stereocenters. The molecule has 0 unspecified atom stereocenters. The molecule has 1 amide bonds. The number of rotatable bonds is 7. The molecule has 0 aromatic heterocycles. The first-order valence-corrected chi connectivity index (χ1v) is 8.62. The van der Waals surface area contributed by atoms with Gasteiger partial charge in [0.25, 0.3) is 0 Å². The number of nitriles is 1. The largest absolute Gasteiger partial charge is 0.492 e. The van der Waals surface area contributed by atoms with Crippen LogP contribution in [0.15, 0.2) is 30.3 Å². The molecule has 130 valence electrons. The molecule has 0 aliphatic heterocycles. The number of amides is 1. The lowest BCUT2D eigenvalue weighted by Crippen LogP contribution is -2.52. The summed E-state index contributed by atoms with van der Waals surface area (Å²) in [6, 6.07) is 12.0. The van der Waals surface area contributed by atoms with Gasteiger partial charge >= 0.3 is 0 Å².